The minimum absolute atomic E-state index is 0. The van der Waals surface area contributed by atoms with Gasteiger partial charge in [-0.05, 0) is 80.0 Å². The van der Waals surface area contributed by atoms with Crippen LogP contribution >= 0.6 is 0 Å². The van der Waals surface area contributed by atoms with E-state index in [1.54, 1.807) is 0 Å². The number of benzene rings is 8. The zero-order chi connectivity index (χ0) is 65.2. The summed E-state index contributed by atoms with van der Waals surface area (Å²) in [5.41, 5.74) is 21.2. The van der Waals surface area contributed by atoms with E-state index in [0.29, 0.717) is 0 Å². The number of rotatable bonds is 0. The van der Waals surface area contributed by atoms with Crippen molar-refractivity contribution in [1.82, 2.24) is 37.5 Å². The first kappa shape index (κ1) is 73.4. The van der Waals surface area contributed by atoms with Crippen molar-refractivity contribution >= 4 is 110 Å². The largest absolute Gasteiger partial charge is 0.309 e. The van der Waals surface area contributed by atoms with Gasteiger partial charge in [0.05, 0.1) is 0 Å². The maximum absolute atomic E-state index is 5.01. The van der Waals surface area contributed by atoms with Gasteiger partial charge in [0, 0.05) is 149 Å². The molecule has 0 spiro atoms. The number of imidazole rings is 4. The van der Waals surface area contributed by atoms with Crippen molar-refractivity contribution in [2.75, 3.05) is 0 Å². The molecule has 96 heavy (non-hydrogen) atoms. The second-order valence-corrected chi connectivity index (χ2v) is 31.1. The molecule has 0 amide bonds. The van der Waals surface area contributed by atoms with E-state index in [2.05, 4.69) is 287 Å². The zero-order valence-electron chi connectivity index (χ0n) is 58.2. The third-order valence-corrected chi connectivity index (χ3v) is 18.1. The summed E-state index contributed by atoms with van der Waals surface area (Å²) in [5.74, 6) is 0. The van der Waals surface area contributed by atoms with Crippen LogP contribution in [-0.4, -0.2) is 37.5 Å². The van der Waals surface area contributed by atoms with Crippen LogP contribution in [0.15, 0.2) is 183 Å². The molecule has 0 N–H and O–H groups in total. The van der Waals surface area contributed by atoms with E-state index in [4.69, 9.17) is 15.0 Å². The third-order valence-electron chi connectivity index (χ3n) is 18.1. The summed E-state index contributed by atoms with van der Waals surface area (Å²) < 4.78 is 8.77. The number of pyridine rings is 4. The molecule has 0 saturated carbocycles. The summed E-state index contributed by atoms with van der Waals surface area (Å²) >= 11 is 0. The SMILES string of the molecule is CC(C)(C)c1c[c-]c2c(c1)c(C(C)(C)C)cc1c2nc2ccc(C(C)(C)C)cn21.CC(C)(C)c1cc2c(nc3ccccn32)c2[c-]cccc12.CC(C)(C)c1ccc2nc3c4[c-]cccc4c(C(C)(C)C)cc3n2c1.[Ir].[Ir].[Ir].[Ir].[c-]1cccc2ccc3c(nc4ccccn43)c12. The number of aromatic nitrogens is 8. The maximum atomic E-state index is 5.01. The summed E-state index contributed by atoms with van der Waals surface area (Å²) in [4.78, 5) is 19.4. The minimum atomic E-state index is 0. The average Bonchev–Trinajstić information content (AvgIpc) is 1.52. The molecule has 8 nitrogen and oxygen atoms in total. The van der Waals surface area contributed by atoms with E-state index in [1.807, 2.05) is 66.9 Å². The Morgan fingerprint density at radius 2 is 0.656 bits per heavy atom. The van der Waals surface area contributed by atoms with Crippen LogP contribution in [0.2, 0.25) is 0 Å². The Balaban J connectivity index is 0.000000150. The Morgan fingerprint density at radius 3 is 1.08 bits per heavy atom. The maximum Gasteiger partial charge on any atom is 0.127 e. The fourth-order valence-electron chi connectivity index (χ4n) is 12.9. The molecule has 0 unspecified atom stereocenters. The monoisotopic (exact) mass is 1980 g/mol. The van der Waals surface area contributed by atoms with Crippen LogP contribution in [0.3, 0.4) is 0 Å². The molecule has 500 valence electrons. The smallest absolute Gasteiger partial charge is 0.127 e. The van der Waals surface area contributed by atoms with Crippen molar-refractivity contribution in [1.29, 1.82) is 0 Å². The molecule has 8 aromatic heterocycles. The summed E-state index contributed by atoms with van der Waals surface area (Å²) in [5, 5.41) is 9.41. The molecule has 0 aliphatic rings. The van der Waals surface area contributed by atoms with Crippen LogP contribution in [-0.2, 0) is 113 Å². The normalized spacial score (nSPS) is 12.4. The van der Waals surface area contributed by atoms with Crippen LogP contribution in [0.4, 0.5) is 0 Å². The Hall–Kier alpha value is -6.80. The minimum Gasteiger partial charge on any atom is -0.309 e. The first-order chi connectivity index (χ1) is 43.4. The molecule has 8 heterocycles. The number of hydrogen-bond acceptors (Lipinski definition) is 4. The van der Waals surface area contributed by atoms with Crippen LogP contribution in [0.25, 0.3) is 110 Å². The van der Waals surface area contributed by atoms with Gasteiger partial charge < -0.3 is 17.6 Å². The Bertz CT molecular complexity index is 5550. The number of fused-ring (bicyclic) bond motifs is 20. The van der Waals surface area contributed by atoms with Crippen molar-refractivity contribution in [3.63, 3.8) is 0 Å². The fourth-order valence-corrected chi connectivity index (χ4v) is 12.9. The van der Waals surface area contributed by atoms with Crippen molar-refractivity contribution in [3.05, 3.63) is 240 Å². The van der Waals surface area contributed by atoms with Gasteiger partial charge in [-0.2, -0.15) is 0 Å². The molecule has 16 aromatic rings. The van der Waals surface area contributed by atoms with E-state index < -0.39 is 0 Å². The molecule has 0 atom stereocenters. The zero-order valence-corrected chi connectivity index (χ0v) is 67.8. The Labute approximate surface area is 619 Å². The van der Waals surface area contributed by atoms with Crippen LogP contribution in [0.1, 0.15) is 158 Å². The number of nitrogens with zero attached hydrogens (tertiary/aromatic N) is 8. The fraction of sp³-hybridized carbons (Fsp3) is 0.286. The van der Waals surface area contributed by atoms with E-state index in [1.165, 1.54) is 66.0 Å². The van der Waals surface area contributed by atoms with Crippen LogP contribution in [0, 0.1) is 24.3 Å². The first-order valence-electron chi connectivity index (χ1n) is 32.4. The predicted molar refractivity (Wildman–Crippen MR) is 388 cm³/mol. The second kappa shape index (κ2) is 27.1. The summed E-state index contributed by atoms with van der Waals surface area (Å²) in [7, 11) is 0. The standard InChI is InChI=1S/C27H33N2.C23H25N2.C19H17N2.C15H9N2.4Ir/c1-25(2,3)17-10-12-19-20(14-17)21(27(7,8)9)15-22-24(19)28-23-13-11-18(16-29(22)23)26(4,5)6;1-22(2,3)15-11-12-20-24-21-17-10-8-7-9-16(17)18(23(4,5)6)13-19(21)25(20)14-15;1-19(2,3)15-12-16-18(14-9-5-4-8-13(14)15)20-17-10-6-7-11-21(16)17;1-2-6-12-11(5-1)8-9-13-15(12)16-14-7-3-4-10-17(13)14;;;;/h10-11,13-16H,1-9H3;7-9,11-14H,1-6H3;4-8,10-12H,1-3H3;1-5,7-10H;;;;/q4*-1;;;;. The van der Waals surface area contributed by atoms with Gasteiger partial charge in [-0.3, -0.25) is 19.9 Å². The molecule has 0 bridgehead atoms. The van der Waals surface area contributed by atoms with E-state index in [-0.39, 0.29) is 113 Å². The summed E-state index contributed by atoms with van der Waals surface area (Å²) in [6.45, 7) is 40.7. The predicted octanol–water partition coefficient (Wildman–Crippen LogP) is 21.5. The molecule has 0 fully saturated rings. The van der Waals surface area contributed by atoms with Gasteiger partial charge in [0.2, 0.25) is 0 Å². The van der Waals surface area contributed by atoms with E-state index in [9.17, 15) is 0 Å². The van der Waals surface area contributed by atoms with Crippen LogP contribution < -0.4 is 0 Å². The van der Waals surface area contributed by atoms with Crippen molar-refractivity contribution in [2.24, 2.45) is 0 Å². The van der Waals surface area contributed by atoms with Crippen LogP contribution in [0.5, 0.6) is 0 Å². The quantitative estimate of drug-likeness (QED) is 0.142. The second-order valence-electron chi connectivity index (χ2n) is 31.1. The molecule has 0 aliphatic carbocycles. The van der Waals surface area contributed by atoms with Gasteiger partial charge in [-0.15, -0.1) is 140 Å². The molecule has 8 aromatic carbocycles. The first-order valence-corrected chi connectivity index (χ1v) is 32.4. The third kappa shape index (κ3) is 13.9. The Kier molecular flexibility index (Phi) is 20.8. The van der Waals surface area contributed by atoms with Gasteiger partial charge in [-0.25, -0.2) is 0 Å². The van der Waals surface area contributed by atoms with Crippen molar-refractivity contribution < 1.29 is 80.4 Å². The van der Waals surface area contributed by atoms with Gasteiger partial charge in [0.1, 0.15) is 22.6 Å². The van der Waals surface area contributed by atoms with Crippen molar-refractivity contribution in [2.45, 2.75) is 157 Å². The molecule has 0 saturated heterocycles. The van der Waals surface area contributed by atoms with Crippen molar-refractivity contribution in [3.8, 4) is 0 Å². The van der Waals surface area contributed by atoms with Gasteiger partial charge in [0.15, 0.2) is 0 Å². The molecular weight excluding hydrogens is 1890 g/mol. The number of hydrogen-bond donors (Lipinski definition) is 0. The summed E-state index contributed by atoms with van der Waals surface area (Å²) in [6.07, 6.45) is 8.61. The van der Waals surface area contributed by atoms with E-state index >= 15 is 0 Å². The molecular formula is C84H84Ir4N8-4. The van der Waals surface area contributed by atoms with E-state index in [0.717, 1.165) is 77.2 Å². The van der Waals surface area contributed by atoms with Gasteiger partial charge in [-0.1, -0.05) is 196 Å². The Morgan fingerprint density at radius 1 is 0.292 bits per heavy atom. The summed E-state index contributed by atoms with van der Waals surface area (Å²) in [6, 6.07) is 68.7. The topological polar surface area (TPSA) is 69.2 Å². The molecule has 4 radical (unpaired) electrons. The molecule has 0 aliphatic heterocycles. The average molecular weight is 1970 g/mol. The van der Waals surface area contributed by atoms with Gasteiger partial charge >= 0.3 is 0 Å². The molecule has 16 rings (SSSR count). The van der Waals surface area contributed by atoms with Gasteiger partial charge in [0.25, 0.3) is 0 Å². The molecule has 12 heteroatoms.